The van der Waals surface area contributed by atoms with Crippen molar-refractivity contribution in [2.45, 2.75) is 13.1 Å². The van der Waals surface area contributed by atoms with Gasteiger partial charge in [0, 0.05) is 0 Å². The van der Waals surface area contributed by atoms with Crippen molar-refractivity contribution in [3.8, 4) is 5.75 Å². The van der Waals surface area contributed by atoms with Gasteiger partial charge in [-0.3, -0.25) is 0 Å². The van der Waals surface area contributed by atoms with Crippen LogP contribution >= 0.6 is 11.6 Å². The molecule has 0 saturated heterocycles. The van der Waals surface area contributed by atoms with E-state index in [1.807, 2.05) is 0 Å². The Bertz CT molecular complexity index is 373. The van der Waals surface area contributed by atoms with E-state index in [4.69, 9.17) is 16.7 Å². The normalized spacial score (nSPS) is 11.9. The van der Waals surface area contributed by atoms with Crippen LogP contribution in [0.4, 0.5) is 17.6 Å². The second-order valence-electron chi connectivity index (χ2n) is 2.71. The molecule has 0 fully saturated rings. The molecule has 0 aliphatic carbocycles. The van der Waals surface area contributed by atoms with Crippen LogP contribution in [0.2, 0.25) is 5.02 Å². The quantitative estimate of drug-likeness (QED) is 0.674. The molecule has 1 nitrogen and oxygen atoms in total. The number of halogens is 5. The molecule has 0 spiro atoms. The van der Waals surface area contributed by atoms with E-state index in [2.05, 4.69) is 0 Å². The first-order chi connectivity index (χ1) is 6.25. The van der Waals surface area contributed by atoms with Crippen LogP contribution in [0.15, 0.2) is 6.07 Å². The van der Waals surface area contributed by atoms with Crippen molar-refractivity contribution >= 4 is 11.6 Å². The van der Waals surface area contributed by atoms with Gasteiger partial charge in [-0.25, -0.2) is 4.39 Å². The van der Waals surface area contributed by atoms with Crippen molar-refractivity contribution in [3.05, 3.63) is 28.0 Å². The van der Waals surface area contributed by atoms with E-state index in [1.165, 1.54) is 0 Å². The van der Waals surface area contributed by atoms with E-state index in [0.29, 0.717) is 6.07 Å². The zero-order valence-electron chi connectivity index (χ0n) is 6.91. The first-order valence-corrected chi connectivity index (χ1v) is 3.87. The average Bonchev–Trinajstić information content (AvgIpc) is 1.97. The predicted octanol–water partition coefficient (Wildman–Crippen LogP) is 3.51. The van der Waals surface area contributed by atoms with Gasteiger partial charge in [0.2, 0.25) is 0 Å². The van der Waals surface area contributed by atoms with Crippen LogP contribution < -0.4 is 0 Å². The van der Waals surface area contributed by atoms with Crippen LogP contribution in [0, 0.1) is 12.7 Å². The Labute approximate surface area is 81.9 Å². The summed E-state index contributed by atoms with van der Waals surface area (Å²) < 4.78 is 49.7. The Morgan fingerprint density at radius 1 is 1.36 bits per heavy atom. The van der Waals surface area contributed by atoms with Gasteiger partial charge in [0.15, 0.2) is 11.6 Å². The van der Waals surface area contributed by atoms with Crippen molar-refractivity contribution in [1.82, 2.24) is 0 Å². The van der Waals surface area contributed by atoms with Crippen LogP contribution in [-0.4, -0.2) is 5.11 Å². The van der Waals surface area contributed by atoms with Gasteiger partial charge in [-0.15, -0.1) is 0 Å². The van der Waals surface area contributed by atoms with Gasteiger partial charge < -0.3 is 5.11 Å². The molecule has 0 heterocycles. The number of hydrogen-bond acceptors (Lipinski definition) is 1. The first-order valence-electron chi connectivity index (χ1n) is 3.50. The first kappa shape index (κ1) is 11.1. The highest BCUT2D eigenvalue weighted by Crippen LogP contribution is 2.40. The molecular formula is C8H5ClF4O. The number of hydrogen-bond donors (Lipinski definition) is 1. The van der Waals surface area contributed by atoms with Crippen molar-refractivity contribution in [2.75, 3.05) is 0 Å². The van der Waals surface area contributed by atoms with Crippen LogP contribution in [0.3, 0.4) is 0 Å². The molecule has 1 aromatic carbocycles. The second kappa shape index (κ2) is 3.31. The standard InChI is InChI=1S/C8H5ClF4O/c1-3-2-4(14)7(10)6(9)5(3)8(11,12)13/h2,14H,1H3. The monoisotopic (exact) mass is 228 g/mol. The van der Waals surface area contributed by atoms with E-state index in [1.54, 1.807) is 0 Å². The number of rotatable bonds is 0. The lowest BCUT2D eigenvalue weighted by Gasteiger charge is -2.13. The fraction of sp³-hybridized carbons (Fsp3) is 0.250. The fourth-order valence-corrected chi connectivity index (χ4v) is 1.44. The maximum Gasteiger partial charge on any atom is 0.418 e. The van der Waals surface area contributed by atoms with Crippen LogP contribution in [0.5, 0.6) is 5.75 Å². The van der Waals surface area contributed by atoms with Crippen molar-refractivity contribution in [3.63, 3.8) is 0 Å². The number of aryl methyl sites for hydroxylation is 1. The van der Waals surface area contributed by atoms with E-state index in [9.17, 15) is 17.6 Å². The van der Waals surface area contributed by atoms with Gasteiger partial charge in [0.05, 0.1) is 10.6 Å². The van der Waals surface area contributed by atoms with E-state index in [-0.39, 0.29) is 5.56 Å². The number of phenolic OH excluding ortho intramolecular Hbond substituents is 1. The van der Waals surface area contributed by atoms with Crippen molar-refractivity contribution < 1.29 is 22.7 Å². The van der Waals surface area contributed by atoms with Crippen molar-refractivity contribution in [2.24, 2.45) is 0 Å². The van der Waals surface area contributed by atoms with Crippen molar-refractivity contribution in [1.29, 1.82) is 0 Å². The lowest BCUT2D eigenvalue weighted by atomic mass is 10.1. The summed E-state index contributed by atoms with van der Waals surface area (Å²) in [5.74, 6) is -2.34. The Morgan fingerprint density at radius 3 is 2.29 bits per heavy atom. The lowest BCUT2D eigenvalue weighted by molar-refractivity contribution is -0.138. The molecule has 0 aliphatic rings. The molecule has 0 atom stereocenters. The molecule has 1 aromatic rings. The van der Waals surface area contributed by atoms with Gasteiger partial charge in [-0.2, -0.15) is 13.2 Å². The van der Waals surface area contributed by atoms with Gasteiger partial charge in [0.25, 0.3) is 0 Å². The second-order valence-corrected chi connectivity index (χ2v) is 3.09. The summed E-state index contributed by atoms with van der Waals surface area (Å²) in [6.07, 6.45) is -4.73. The van der Waals surface area contributed by atoms with E-state index >= 15 is 0 Å². The highest BCUT2D eigenvalue weighted by atomic mass is 35.5. The molecule has 0 aromatic heterocycles. The largest absolute Gasteiger partial charge is 0.505 e. The summed E-state index contributed by atoms with van der Waals surface area (Å²) in [6.45, 7) is 1.09. The summed E-state index contributed by atoms with van der Waals surface area (Å²) in [4.78, 5) is 0. The number of alkyl halides is 3. The summed E-state index contributed by atoms with van der Waals surface area (Å²) >= 11 is 5.13. The molecule has 78 valence electrons. The van der Waals surface area contributed by atoms with Crippen LogP contribution in [0.25, 0.3) is 0 Å². The van der Waals surface area contributed by atoms with E-state index in [0.717, 1.165) is 6.92 Å². The Hall–Kier alpha value is -0.970. The highest BCUT2D eigenvalue weighted by Gasteiger charge is 2.37. The summed E-state index contributed by atoms with van der Waals surface area (Å²) in [5, 5.41) is 7.74. The summed E-state index contributed by atoms with van der Waals surface area (Å²) in [6, 6.07) is 0.685. The molecule has 14 heavy (non-hydrogen) atoms. The lowest BCUT2D eigenvalue weighted by Crippen LogP contribution is -2.09. The minimum Gasteiger partial charge on any atom is -0.505 e. The SMILES string of the molecule is Cc1cc(O)c(F)c(Cl)c1C(F)(F)F. The summed E-state index contributed by atoms with van der Waals surface area (Å²) in [7, 11) is 0. The molecule has 0 amide bonds. The molecule has 6 heteroatoms. The zero-order chi connectivity index (χ0) is 11.1. The highest BCUT2D eigenvalue weighted by molar-refractivity contribution is 6.31. The molecule has 0 saturated carbocycles. The van der Waals surface area contributed by atoms with Gasteiger partial charge in [-0.05, 0) is 18.6 Å². The third-order valence-electron chi connectivity index (χ3n) is 1.67. The molecule has 0 radical (unpaired) electrons. The topological polar surface area (TPSA) is 20.2 Å². The third-order valence-corrected chi connectivity index (χ3v) is 2.02. The fourth-order valence-electron chi connectivity index (χ4n) is 1.08. The maximum absolute atomic E-state index is 12.8. The molecule has 1 N–H and O–H groups in total. The Kier molecular flexibility index (Phi) is 2.63. The maximum atomic E-state index is 12.8. The molecule has 1 rings (SSSR count). The summed E-state index contributed by atoms with van der Waals surface area (Å²) in [5.41, 5.74) is -1.57. The molecular weight excluding hydrogens is 224 g/mol. The number of benzene rings is 1. The minimum absolute atomic E-state index is 0.318. The Balaban J connectivity index is 3.53. The molecule has 0 aliphatic heterocycles. The Morgan fingerprint density at radius 2 is 1.86 bits per heavy atom. The zero-order valence-corrected chi connectivity index (χ0v) is 7.67. The number of aromatic hydroxyl groups is 1. The third kappa shape index (κ3) is 1.77. The predicted molar refractivity (Wildman–Crippen MR) is 42.8 cm³/mol. The average molecular weight is 229 g/mol. The van der Waals surface area contributed by atoms with E-state index < -0.39 is 28.3 Å². The van der Waals surface area contributed by atoms with Gasteiger partial charge in [-0.1, -0.05) is 11.6 Å². The molecule has 0 bridgehead atoms. The van der Waals surface area contributed by atoms with Gasteiger partial charge in [0.1, 0.15) is 0 Å². The minimum atomic E-state index is -4.73. The van der Waals surface area contributed by atoms with Crippen LogP contribution in [-0.2, 0) is 6.18 Å². The number of phenols is 1. The molecule has 0 unspecified atom stereocenters. The van der Waals surface area contributed by atoms with Gasteiger partial charge >= 0.3 is 6.18 Å². The smallest absolute Gasteiger partial charge is 0.418 e. The van der Waals surface area contributed by atoms with Crippen LogP contribution in [0.1, 0.15) is 11.1 Å².